The second-order valence-corrected chi connectivity index (χ2v) is 9.87. The lowest BCUT2D eigenvalue weighted by atomic mass is 10.0. The maximum Gasteiger partial charge on any atom is 0.338 e. The van der Waals surface area contributed by atoms with Crippen LogP contribution >= 0.6 is 0 Å². The minimum atomic E-state index is -3.80. The van der Waals surface area contributed by atoms with Crippen LogP contribution in [0.4, 0.5) is 5.69 Å². The number of rotatable bonds is 7. The molecule has 0 atom stereocenters. The maximum atomic E-state index is 13.2. The van der Waals surface area contributed by atoms with E-state index in [-0.39, 0.29) is 22.9 Å². The van der Waals surface area contributed by atoms with Gasteiger partial charge in [0, 0.05) is 25.3 Å². The van der Waals surface area contributed by atoms with Crippen LogP contribution in [-0.2, 0) is 32.5 Å². The Bertz CT molecular complexity index is 1290. The van der Waals surface area contributed by atoms with Crippen LogP contribution in [0.25, 0.3) is 0 Å². The van der Waals surface area contributed by atoms with Gasteiger partial charge in [0.2, 0.25) is 10.0 Å². The first kappa shape index (κ1) is 23.7. The second-order valence-electron chi connectivity index (χ2n) is 7.93. The highest BCUT2D eigenvalue weighted by Crippen LogP contribution is 2.25. The molecule has 34 heavy (non-hydrogen) atoms. The van der Waals surface area contributed by atoms with Gasteiger partial charge in [0.15, 0.2) is 6.61 Å². The number of carbonyl (C=O) groups is 2. The Morgan fingerprint density at radius 2 is 1.65 bits per heavy atom. The van der Waals surface area contributed by atoms with Crippen LogP contribution in [0.3, 0.4) is 0 Å². The van der Waals surface area contributed by atoms with Crippen LogP contribution in [0, 0.1) is 0 Å². The van der Waals surface area contributed by atoms with E-state index in [0.717, 1.165) is 11.1 Å². The van der Waals surface area contributed by atoms with E-state index in [1.54, 1.807) is 12.1 Å². The van der Waals surface area contributed by atoms with Gasteiger partial charge in [-0.05, 0) is 54.8 Å². The van der Waals surface area contributed by atoms with Crippen LogP contribution < -0.4 is 4.90 Å². The van der Waals surface area contributed by atoms with Gasteiger partial charge < -0.3 is 9.64 Å². The first-order chi connectivity index (χ1) is 16.4. The first-order valence-electron chi connectivity index (χ1n) is 11.1. The predicted octanol–water partition coefficient (Wildman–Crippen LogP) is 3.64. The first-order valence-corrected chi connectivity index (χ1v) is 12.5. The quantitative estimate of drug-likeness (QED) is 0.484. The van der Waals surface area contributed by atoms with Gasteiger partial charge in [-0.1, -0.05) is 48.5 Å². The highest BCUT2D eigenvalue weighted by atomic mass is 32.2. The normalized spacial score (nSPS) is 13.7. The van der Waals surface area contributed by atoms with Crippen LogP contribution in [0.1, 0.15) is 28.4 Å². The number of amides is 1. The van der Waals surface area contributed by atoms with E-state index in [9.17, 15) is 18.0 Å². The van der Waals surface area contributed by atoms with Crippen molar-refractivity contribution >= 4 is 27.6 Å². The van der Waals surface area contributed by atoms with Crippen molar-refractivity contribution in [2.75, 3.05) is 24.6 Å². The van der Waals surface area contributed by atoms with Gasteiger partial charge in [-0.25, -0.2) is 13.2 Å². The van der Waals surface area contributed by atoms with Crippen molar-refractivity contribution in [2.24, 2.45) is 0 Å². The molecule has 0 N–H and O–H groups in total. The number of likely N-dealkylation sites (N-methyl/N-ethyl adjacent to an activating group) is 1. The molecule has 1 aliphatic rings. The molecular weight excluding hydrogens is 452 g/mol. The number of para-hydroxylation sites is 1. The van der Waals surface area contributed by atoms with Crippen molar-refractivity contribution in [2.45, 2.75) is 24.8 Å². The summed E-state index contributed by atoms with van der Waals surface area (Å²) in [7, 11) is -3.80. The number of benzene rings is 3. The van der Waals surface area contributed by atoms with Gasteiger partial charge in [0.25, 0.3) is 5.91 Å². The van der Waals surface area contributed by atoms with E-state index in [0.29, 0.717) is 25.2 Å². The molecule has 8 heteroatoms. The number of esters is 1. The molecule has 1 heterocycles. The summed E-state index contributed by atoms with van der Waals surface area (Å²) in [6, 6.07) is 22.6. The number of carbonyl (C=O) groups excluding carboxylic acids is 2. The molecule has 0 saturated carbocycles. The Morgan fingerprint density at radius 1 is 0.941 bits per heavy atom. The number of fused-ring (bicyclic) bond motifs is 1. The molecule has 4 rings (SSSR count). The Morgan fingerprint density at radius 3 is 2.38 bits per heavy atom. The lowest BCUT2D eigenvalue weighted by Crippen LogP contribution is -2.36. The minimum absolute atomic E-state index is 0.0205. The SMILES string of the molecule is CCN(C(=O)COC(=O)c1cccc(S(=O)(=O)N2CCc3ccccc3C2)c1)c1ccccc1. The second kappa shape index (κ2) is 10.2. The van der Waals surface area contributed by atoms with Gasteiger partial charge in [-0.2, -0.15) is 4.31 Å². The van der Waals surface area contributed by atoms with E-state index in [1.165, 1.54) is 33.5 Å². The summed E-state index contributed by atoms with van der Waals surface area (Å²) >= 11 is 0. The van der Waals surface area contributed by atoms with Gasteiger partial charge in [0.05, 0.1) is 10.5 Å². The molecule has 7 nitrogen and oxygen atoms in total. The summed E-state index contributed by atoms with van der Waals surface area (Å²) in [5.41, 5.74) is 2.91. The van der Waals surface area contributed by atoms with E-state index >= 15 is 0 Å². The van der Waals surface area contributed by atoms with Crippen LogP contribution in [0.2, 0.25) is 0 Å². The molecule has 0 aliphatic carbocycles. The lowest BCUT2D eigenvalue weighted by molar-refractivity contribution is -0.121. The lowest BCUT2D eigenvalue weighted by Gasteiger charge is -2.28. The van der Waals surface area contributed by atoms with Crippen molar-refractivity contribution in [3.63, 3.8) is 0 Å². The van der Waals surface area contributed by atoms with E-state index in [4.69, 9.17) is 4.74 Å². The fourth-order valence-electron chi connectivity index (χ4n) is 4.01. The molecule has 0 spiro atoms. The van der Waals surface area contributed by atoms with Crippen molar-refractivity contribution in [3.8, 4) is 0 Å². The highest BCUT2D eigenvalue weighted by molar-refractivity contribution is 7.89. The van der Waals surface area contributed by atoms with Gasteiger partial charge in [-0.3, -0.25) is 4.79 Å². The number of hydrogen-bond donors (Lipinski definition) is 0. The van der Waals surface area contributed by atoms with E-state index in [1.807, 2.05) is 49.4 Å². The van der Waals surface area contributed by atoms with E-state index in [2.05, 4.69) is 0 Å². The molecule has 1 aliphatic heterocycles. The molecular formula is C26H26N2O5S. The Labute approximate surface area is 199 Å². The Hall–Kier alpha value is -3.49. The molecule has 0 radical (unpaired) electrons. The molecule has 1 amide bonds. The summed E-state index contributed by atoms with van der Waals surface area (Å²) < 4.78 is 33.1. The molecule has 0 unspecified atom stereocenters. The number of sulfonamides is 1. The largest absolute Gasteiger partial charge is 0.452 e. The van der Waals surface area contributed by atoms with Gasteiger partial charge in [-0.15, -0.1) is 0 Å². The monoisotopic (exact) mass is 478 g/mol. The topological polar surface area (TPSA) is 84.0 Å². The molecule has 0 saturated heterocycles. The summed E-state index contributed by atoms with van der Waals surface area (Å²) in [6.07, 6.45) is 0.634. The number of anilines is 1. The molecule has 3 aromatic carbocycles. The van der Waals surface area contributed by atoms with Crippen molar-refractivity contribution in [3.05, 3.63) is 95.6 Å². The van der Waals surface area contributed by atoms with E-state index < -0.39 is 22.6 Å². The number of nitrogens with zero attached hydrogens (tertiary/aromatic N) is 2. The molecule has 3 aromatic rings. The summed E-state index contributed by atoms with van der Waals surface area (Å²) in [4.78, 5) is 26.7. The summed E-state index contributed by atoms with van der Waals surface area (Å²) in [5, 5.41) is 0. The Kier molecular flexibility index (Phi) is 7.09. The zero-order valence-corrected chi connectivity index (χ0v) is 19.7. The molecule has 176 valence electrons. The van der Waals surface area contributed by atoms with Crippen LogP contribution in [0.5, 0.6) is 0 Å². The Balaban J connectivity index is 1.44. The maximum absolute atomic E-state index is 13.2. The third kappa shape index (κ3) is 5.03. The predicted molar refractivity (Wildman–Crippen MR) is 129 cm³/mol. The zero-order chi connectivity index (χ0) is 24.1. The van der Waals surface area contributed by atoms with Crippen molar-refractivity contribution < 1.29 is 22.7 Å². The smallest absolute Gasteiger partial charge is 0.338 e. The van der Waals surface area contributed by atoms with Crippen molar-refractivity contribution in [1.29, 1.82) is 0 Å². The highest BCUT2D eigenvalue weighted by Gasteiger charge is 2.29. The minimum Gasteiger partial charge on any atom is -0.452 e. The van der Waals surface area contributed by atoms with Gasteiger partial charge >= 0.3 is 5.97 Å². The third-order valence-corrected chi connectivity index (χ3v) is 7.66. The summed E-state index contributed by atoms with van der Waals surface area (Å²) in [5.74, 6) is -1.11. The standard InChI is InChI=1S/C26H26N2O5S/c1-2-28(23-12-4-3-5-13-23)25(29)19-33-26(30)21-11-8-14-24(17-21)34(31,32)27-16-15-20-9-6-7-10-22(20)18-27/h3-14,17H,2,15-16,18-19H2,1H3. The van der Waals surface area contributed by atoms with Crippen LogP contribution in [-0.4, -0.2) is 44.3 Å². The number of ether oxygens (including phenoxy) is 1. The van der Waals surface area contributed by atoms with Gasteiger partial charge in [0.1, 0.15) is 0 Å². The average molecular weight is 479 g/mol. The molecule has 0 fully saturated rings. The summed E-state index contributed by atoms with van der Waals surface area (Å²) in [6.45, 7) is 2.47. The third-order valence-electron chi connectivity index (χ3n) is 5.82. The fraction of sp³-hybridized carbons (Fsp3) is 0.231. The zero-order valence-electron chi connectivity index (χ0n) is 18.9. The average Bonchev–Trinajstić information content (AvgIpc) is 2.88. The van der Waals surface area contributed by atoms with Crippen LogP contribution in [0.15, 0.2) is 83.8 Å². The fourth-order valence-corrected chi connectivity index (χ4v) is 5.47. The molecule has 0 bridgehead atoms. The number of hydrogen-bond acceptors (Lipinski definition) is 5. The van der Waals surface area contributed by atoms with Crippen molar-refractivity contribution in [1.82, 2.24) is 4.31 Å². The molecule has 0 aromatic heterocycles.